The van der Waals surface area contributed by atoms with E-state index in [-0.39, 0.29) is 18.6 Å². The minimum absolute atomic E-state index is 0.0173. The lowest BCUT2D eigenvalue weighted by atomic mass is 10.2. The third-order valence-corrected chi connectivity index (χ3v) is 2.95. The lowest BCUT2D eigenvalue weighted by Gasteiger charge is -2.26. The van der Waals surface area contributed by atoms with E-state index in [0.717, 1.165) is 18.5 Å². The maximum absolute atomic E-state index is 12.1. The van der Waals surface area contributed by atoms with Crippen molar-refractivity contribution in [3.8, 4) is 5.75 Å². The molecule has 0 spiro atoms. The van der Waals surface area contributed by atoms with Gasteiger partial charge < -0.3 is 15.4 Å². The fraction of sp³-hybridized carbons (Fsp3) is 0.533. The maximum atomic E-state index is 12.1. The predicted octanol–water partition coefficient (Wildman–Crippen LogP) is 2.17. The predicted molar refractivity (Wildman–Crippen MR) is 77.0 cm³/mol. The maximum Gasteiger partial charge on any atom is 0.260 e. The largest absolute Gasteiger partial charge is 0.483 e. The molecule has 1 aromatic carbocycles. The van der Waals surface area contributed by atoms with E-state index >= 15 is 0 Å². The van der Waals surface area contributed by atoms with Crippen molar-refractivity contribution in [3.05, 3.63) is 29.8 Å². The molecule has 0 fully saturated rings. The van der Waals surface area contributed by atoms with Crippen LogP contribution in [0.1, 0.15) is 32.8 Å². The van der Waals surface area contributed by atoms with Gasteiger partial charge in [-0.25, -0.2) is 0 Å². The molecule has 19 heavy (non-hydrogen) atoms. The molecule has 0 atom stereocenters. The molecule has 2 N–H and O–H groups in total. The summed E-state index contributed by atoms with van der Waals surface area (Å²) in [5.74, 6) is 0.710. The number of carbonyl (C=O) groups excluding carboxylic acids is 1. The molecule has 0 bridgehead atoms. The number of nitrogens with two attached hydrogens (primary N) is 1. The SMILES string of the molecule is CCCN(C(=O)COc1ccccc1CN)C(C)C. The van der Waals surface area contributed by atoms with Crippen LogP contribution in [0.25, 0.3) is 0 Å². The number of hydrogen-bond acceptors (Lipinski definition) is 3. The van der Waals surface area contributed by atoms with Crippen LogP contribution in [0.2, 0.25) is 0 Å². The first-order valence-corrected chi connectivity index (χ1v) is 6.80. The molecule has 0 aliphatic rings. The van der Waals surface area contributed by atoms with Crippen molar-refractivity contribution in [1.82, 2.24) is 4.90 Å². The van der Waals surface area contributed by atoms with E-state index in [4.69, 9.17) is 10.5 Å². The highest BCUT2D eigenvalue weighted by Crippen LogP contribution is 2.17. The molecule has 0 aliphatic carbocycles. The van der Waals surface area contributed by atoms with Gasteiger partial charge in [0, 0.05) is 24.7 Å². The monoisotopic (exact) mass is 264 g/mol. The Balaban J connectivity index is 2.62. The molecule has 0 saturated carbocycles. The number of amides is 1. The Morgan fingerprint density at radius 1 is 1.37 bits per heavy atom. The Morgan fingerprint density at radius 3 is 2.63 bits per heavy atom. The average molecular weight is 264 g/mol. The van der Waals surface area contributed by atoms with Gasteiger partial charge in [-0.05, 0) is 26.3 Å². The van der Waals surface area contributed by atoms with Gasteiger partial charge in [0.1, 0.15) is 5.75 Å². The molecule has 0 radical (unpaired) electrons. The van der Waals surface area contributed by atoms with E-state index in [1.165, 1.54) is 0 Å². The van der Waals surface area contributed by atoms with Gasteiger partial charge >= 0.3 is 0 Å². The molecule has 0 saturated heterocycles. The van der Waals surface area contributed by atoms with E-state index in [9.17, 15) is 4.79 Å². The second-order valence-corrected chi connectivity index (χ2v) is 4.78. The molecule has 1 aromatic rings. The smallest absolute Gasteiger partial charge is 0.260 e. The zero-order valence-electron chi connectivity index (χ0n) is 12.1. The molecule has 0 heterocycles. The fourth-order valence-electron chi connectivity index (χ4n) is 1.95. The van der Waals surface area contributed by atoms with Gasteiger partial charge in [0.25, 0.3) is 5.91 Å². The van der Waals surface area contributed by atoms with E-state index < -0.39 is 0 Å². The minimum atomic E-state index is 0.0173. The Hall–Kier alpha value is -1.55. The highest BCUT2D eigenvalue weighted by molar-refractivity contribution is 5.78. The summed E-state index contributed by atoms with van der Waals surface area (Å²) in [6, 6.07) is 7.74. The van der Waals surface area contributed by atoms with Crippen LogP contribution in [-0.4, -0.2) is 30.0 Å². The van der Waals surface area contributed by atoms with Crippen molar-refractivity contribution < 1.29 is 9.53 Å². The number of benzene rings is 1. The van der Waals surface area contributed by atoms with Crippen LogP contribution < -0.4 is 10.5 Å². The summed E-state index contributed by atoms with van der Waals surface area (Å²) >= 11 is 0. The number of carbonyl (C=O) groups is 1. The highest BCUT2D eigenvalue weighted by Gasteiger charge is 2.16. The van der Waals surface area contributed by atoms with Crippen LogP contribution in [0.5, 0.6) is 5.75 Å². The van der Waals surface area contributed by atoms with Gasteiger partial charge in [-0.2, -0.15) is 0 Å². The molecule has 0 aromatic heterocycles. The van der Waals surface area contributed by atoms with Crippen molar-refractivity contribution in [2.75, 3.05) is 13.2 Å². The van der Waals surface area contributed by atoms with Crippen molar-refractivity contribution in [2.45, 2.75) is 39.8 Å². The van der Waals surface area contributed by atoms with E-state index in [1.807, 2.05) is 43.0 Å². The first-order valence-electron chi connectivity index (χ1n) is 6.80. The van der Waals surface area contributed by atoms with Crippen LogP contribution in [0.15, 0.2) is 24.3 Å². The highest BCUT2D eigenvalue weighted by atomic mass is 16.5. The molecule has 1 amide bonds. The summed E-state index contributed by atoms with van der Waals surface area (Å²) in [6.45, 7) is 7.33. The standard InChI is InChI=1S/C15H24N2O2/c1-4-9-17(12(2)3)15(18)11-19-14-8-6-5-7-13(14)10-16/h5-8,12H,4,9-11,16H2,1-3H3. The number of ether oxygens (including phenoxy) is 1. The minimum Gasteiger partial charge on any atom is -0.483 e. The molecule has 4 nitrogen and oxygen atoms in total. The third kappa shape index (κ3) is 4.56. The van der Waals surface area contributed by atoms with Gasteiger partial charge in [0.05, 0.1) is 0 Å². The lowest BCUT2D eigenvalue weighted by Crippen LogP contribution is -2.40. The molecular weight excluding hydrogens is 240 g/mol. The summed E-state index contributed by atoms with van der Waals surface area (Å²) < 4.78 is 5.60. The topological polar surface area (TPSA) is 55.6 Å². The lowest BCUT2D eigenvalue weighted by molar-refractivity contribution is -0.135. The Morgan fingerprint density at radius 2 is 2.05 bits per heavy atom. The number of rotatable bonds is 7. The van der Waals surface area contributed by atoms with E-state index in [0.29, 0.717) is 12.3 Å². The molecular formula is C15H24N2O2. The molecule has 0 aliphatic heterocycles. The van der Waals surface area contributed by atoms with Crippen LogP contribution >= 0.6 is 0 Å². The average Bonchev–Trinajstić information content (AvgIpc) is 2.42. The first-order chi connectivity index (χ1) is 9.10. The molecule has 0 unspecified atom stereocenters. The van der Waals surface area contributed by atoms with Crippen LogP contribution in [0, 0.1) is 0 Å². The van der Waals surface area contributed by atoms with Gasteiger partial charge in [-0.15, -0.1) is 0 Å². The van der Waals surface area contributed by atoms with E-state index in [2.05, 4.69) is 6.92 Å². The van der Waals surface area contributed by atoms with Crippen molar-refractivity contribution in [1.29, 1.82) is 0 Å². The van der Waals surface area contributed by atoms with Gasteiger partial charge in [-0.3, -0.25) is 4.79 Å². The molecule has 106 valence electrons. The summed E-state index contributed by atoms with van der Waals surface area (Å²) in [6.07, 6.45) is 0.948. The van der Waals surface area contributed by atoms with Gasteiger partial charge in [0.2, 0.25) is 0 Å². The Bertz CT molecular complexity index is 405. The summed E-state index contributed by atoms with van der Waals surface area (Å²) in [5.41, 5.74) is 6.56. The first kappa shape index (κ1) is 15.5. The van der Waals surface area contributed by atoms with Gasteiger partial charge in [-0.1, -0.05) is 25.1 Å². The third-order valence-electron chi connectivity index (χ3n) is 2.95. The van der Waals surface area contributed by atoms with Crippen molar-refractivity contribution in [3.63, 3.8) is 0 Å². The quantitative estimate of drug-likeness (QED) is 0.821. The van der Waals surface area contributed by atoms with Crippen molar-refractivity contribution >= 4 is 5.91 Å². The second-order valence-electron chi connectivity index (χ2n) is 4.78. The van der Waals surface area contributed by atoms with Crippen LogP contribution in [0.3, 0.4) is 0 Å². The Labute approximate surface area is 115 Å². The normalized spacial score (nSPS) is 10.6. The zero-order valence-corrected chi connectivity index (χ0v) is 12.1. The fourth-order valence-corrected chi connectivity index (χ4v) is 1.95. The van der Waals surface area contributed by atoms with E-state index in [1.54, 1.807) is 0 Å². The van der Waals surface area contributed by atoms with Crippen LogP contribution in [0.4, 0.5) is 0 Å². The number of para-hydroxylation sites is 1. The molecule has 4 heteroatoms. The summed E-state index contributed by atoms with van der Waals surface area (Å²) in [4.78, 5) is 14.0. The van der Waals surface area contributed by atoms with Crippen LogP contribution in [-0.2, 0) is 11.3 Å². The number of hydrogen-bond donors (Lipinski definition) is 1. The zero-order chi connectivity index (χ0) is 14.3. The second kappa shape index (κ2) is 7.79. The number of nitrogens with zero attached hydrogens (tertiary/aromatic N) is 1. The Kier molecular flexibility index (Phi) is 6.36. The van der Waals surface area contributed by atoms with Gasteiger partial charge in [0.15, 0.2) is 6.61 Å². The summed E-state index contributed by atoms with van der Waals surface area (Å²) in [7, 11) is 0. The summed E-state index contributed by atoms with van der Waals surface area (Å²) in [5, 5.41) is 0. The molecule has 1 rings (SSSR count). The van der Waals surface area contributed by atoms with Crippen molar-refractivity contribution in [2.24, 2.45) is 5.73 Å².